The van der Waals surface area contributed by atoms with Crippen LogP contribution in [-0.4, -0.2) is 34.2 Å². The third-order valence-electron chi connectivity index (χ3n) is 2.82. The summed E-state index contributed by atoms with van der Waals surface area (Å²) in [5.41, 5.74) is 1.57. The number of nitrogens with one attached hydrogen (secondary N) is 1. The van der Waals surface area contributed by atoms with Crippen molar-refractivity contribution in [3.05, 3.63) is 33.6 Å². The van der Waals surface area contributed by atoms with Gasteiger partial charge < -0.3 is 4.74 Å². The van der Waals surface area contributed by atoms with Gasteiger partial charge in [-0.05, 0) is 18.2 Å². The van der Waals surface area contributed by atoms with E-state index in [0.29, 0.717) is 15.0 Å². The van der Waals surface area contributed by atoms with Crippen molar-refractivity contribution in [2.75, 3.05) is 19.0 Å². The van der Waals surface area contributed by atoms with E-state index in [9.17, 15) is 4.79 Å². The minimum absolute atomic E-state index is 0.0529. The Morgan fingerprint density at radius 1 is 1.45 bits per heavy atom. The molecule has 0 atom stereocenters. The number of ether oxygens (including phenoxy) is 1. The number of carbonyl (C=O) groups excluding carboxylic acids is 1. The summed E-state index contributed by atoms with van der Waals surface area (Å²) in [7, 11) is 1.44. The number of hydrogen-bond acceptors (Lipinski definition) is 5. The molecule has 2 aromatic heterocycles. The van der Waals surface area contributed by atoms with Crippen LogP contribution in [0.5, 0.6) is 0 Å². The smallest absolute Gasteiger partial charge is 0.252 e. The molecule has 0 aliphatic carbocycles. The maximum atomic E-state index is 11.5. The van der Waals surface area contributed by atoms with Crippen LogP contribution in [-0.2, 0) is 9.53 Å². The summed E-state index contributed by atoms with van der Waals surface area (Å²) >= 11 is 13.5. The fourth-order valence-electron chi connectivity index (χ4n) is 1.91. The Balaban J connectivity index is 1.98. The predicted molar refractivity (Wildman–Crippen MR) is 86.8 cm³/mol. The molecule has 3 rings (SSSR count). The highest BCUT2D eigenvalue weighted by Gasteiger charge is 2.15. The first-order valence-corrected chi connectivity index (χ1v) is 7.80. The number of amides is 1. The number of hydrogen-bond donors (Lipinski definition) is 1. The number of methoxy groups -OCH3 is 1. The quantitative estimate of drug-likeness (QED) is 0.778. The van der Waals surface area contributed by atoms with E-state index < -0.39 is 0 Å². The molecule has 2 heterocycles. The Morgan fingerprint density at radius 3 is 3.00 bits per heavy atom. The van der Waals surface area contributed by atoms with Gasteiger partial charge in [-0.25, -0.2) is 4.52 Å². The summed E-state index contributed by atoms with van der Waals surface area (Å²) in [4.78, 5) is 16.4. The number of carbonyl (C=O) groups is 1. The summed E-state index contributed by atoms with van der Waals surface area (Å²) in [6.07, 6.45) is 0. The fourth-order valence-corrected chi connectivity index (χ4v) is 3.24. The van der Waals surface area contributed by atoms with Crippen LogP contribution in [0.3, 0.4) is 0 Å². The second kappa shape index (κ2) is 6.21. The molecule has 0 bridgehead atoms. The molecular weight excluding hydrogens is 347 g/mol. The molecule has 1 aromatic carbocycles. The normalized spacial score (nSPS) is 11.0. The van der Waals surface area contributed by atoms with Crippen LogP contribution in [0.25, 0.3) is 16.2 Å². The lowest BCUT2D eigenvalue weighted by atomic mass is 10.2. The number of rotatable bonds is 4. The summed E-state index contributed by atoms with van der Waals surface area (Å²) in [5.74, 6) is -0.0907. The van der Waals surface area contributed by atoms with Crippen molar-refractivity contribution >= 4 is 51.4 Å². The molecule has 0 spiro atoms. The first-order chi connectivity index (χ1) is 10.6. The van der Waals surface area contributed by atoms with E-state index >= 15 is 0 Å². The maximum Gasteiger partial charge on any atom is 0.252 e. The summed E-state index contributed by atoms with van der Waals surface area (Å²) in [5, 5.41) is 9.81. The highest BCUT2D eigenvalue weighted by molar-refractivity contribution is 7.15. The van der Waals surface area contributed by atoms with Gasteiger partial charge >= 0.3 is 0 Å². The first-order valence-electron chi connectivity index (χ1n) is 6.17. The molecule has 3 aromatic rings. The Hall–Kier alpha value is -1.67. The van der Waals surface area contributed by atoms with E-state index in [1.807, 2.05) is 11.4 Å². The summed E-state index contributed by atoms with van der Waals surface area (Å²) < 4.78 is 6.38. The zero-order chi connectivity index (χ0) is 15.7. The Bertz CT molecular complexity index is 846. The van der Waals surface area contributed by atoms with Gasteiger partial charge in [0, 0.05) is 23.1 Å². The maximum absolute atomic E-state index is 11.5. The number of halogens is 2. The molecule has 0 aliphatic rings. The topological polar surface area (TPSA) is 68.5 Å². The molecule has 9 heteroatoms. The van der Waals surface area contributed by atoms with E-state index in [2.05, 4.69) is 15.4 Å². The Kier molecular flexibility index (Phi) is 4.30. The Morgan fingerprint density at radius 2 is 2.27 bits per heavy atom. The van der Waals surface area contributed by atoms with Gasteiger partial charge in [-0.3, -0.25) is 10.1 Å². The van der Waals surface area contributed by atoms with Crippen molar-refractivity contribution < 1.29 is 9.53 Å². The largest absolute Gasteiger partial charge is 0.375 e. The van der Waals surface area contributed by atoms with Crippen molar-refractivity contribution in [1.29, 1.82) is 0 Å². The first kappa shape index (κ1) is 15.2. The summed E-state index contributed by atoms with van der Waals surface area (Å²) in [6.45, 7) is -0.0529. The van der Waals surface area contributed by atoms with E-state index in [4.69, 9.17) is 27.9 Å². The van der Waals surface area contributed by atoms with E-state index in [0.717, 1.165) is 11.3 Å². The van der Waals surface area contributed by atoms with Crippen molar-refractivity contribution in [1.82, 2.24) is 14.6 Å². The van der Waals surface area contributed by atoms with Crippen LogP contribution in [0.2, 0.25) is 10.0 Å². The standard InChI is InChI=1S/C13H10Cl2N4O2S/c1-21-5-11(20)16-12-17-13-19(18-12)10(6-22-13)8-3-2-7(14)4-9(8)15/h2-4,6H,5H2,1H3,(H,16,18,20). The van der Waals surface area contributed by atoms with Crippen LogP contribution in [0.4, 0.5) is 5.95 Å². The molecule has 0 saturated heterocycles. The molecule has 0 aliphatic heterocycles. The number of nitrogens with zero attached hydrogens (tertiary/aromatic N) is 3. The minimum Gasteiger partial charge on any atom is -0.375 e. The molecule has 1 N–H and O–H groups in total. The number of aromatic nitrogens is 3. The molecule has 6 nitrogen and oxygen atoms in total. The van der Waals surface area contributed by atoms with Gasteiger partial charge in [-0.15, -0.1) is 16.4 Å². The van der Waals surface area contributed by atoms with Gasteiger partial charge in [-0.1, -0.05) is 23.2 Å². The van der Waals surface area contributed by atoms with Gasteiger partial charge in [0.25, 0.3) is 11.9 Å². The third-order valence-corrected chi connectivity index (χ3v) is 4.18. The van der Waals surface area contributed by atoms with Gasteiger partial charge in [0.05, 0.1) is 10.7 Å². The van der Waals surface area contributed by atoms with Crippen LogP contribution in [0.1, 0.15) is 0 Å². The van der Waals surface area contributed by atoms with Crippen molar-refractivity contribution in [3.63, 3.8) is 0 Å². The van der Waals surface area contributed by atoms with Crippen LogP contribution >= 0.6 is 34.5 Å². The zero-order valence-electron chi connectivity index (χ0n) is 11.3. The number of thiazole rings is 1. The van der Waals surface area contributed by atoms with Gasteiger partial charge in [0.15, 0.2) is 0 Å². The van der Waals surface area contributed by atoms with Crippen LogP contribution < -0.4 is 5.32 Å². The average Bonchev–Trinajstić information content (AvgIpc) is 2.99. The molecule has 0 unspecified atom stereocenters. The second-order valence-electron chi connectivity index (χ2n) is 4.36. The number of benzene rings is 1. The highest BCUT2D eigenvalue weighted by Crippen LogP contribution is 2.32. The summed E-state index contributed by atoms with van der Waals surface area (Å²) in [6, 6.07) is 5.24. The molecule has 1 amide bonds. The van der Waals surface area contributed by atoms with E-state index in [1.54, 1.807) is 16.6 Å². The predicted octanol–water partition coefficient (Wildman–Crippen LogP) is 3.35. The molecule has 22 heavy (non-hydrogen) atoms. The van der Waals surface area contributed by atoms with Crippen LogP contribution in [0.15, 0.2) is 23.6 Å². The average molecular weight is 357 g/mol. The second-order valence-corrected chi connectivity index (χ2v) is 6.04. The van der Waals surface area contributed by atoms with Crippen molar-refractivity contribution in [2.24, 2.45) is 0 Å². The SMILES string of the molecule is COCC(=O)Nc1nc2scc(-c3ccc(Cl)cc3Cl)n2n1. The van der Waals surface area contributed by atoms with Crippen molar-refractivity contribution in [3.8, 4) is 11.3 Å². The van der Waals surface area contributed by atoms with Gasteiger partial charge in [-0.2, -0.15) is 4.98 Å². The highest BCUT2D eigenvalue weighted by atomic mass is 35.5. The van der Waals surface area contributed by atoms with Crippen LogP contribution in [0, 0.1) is 0 Å². The van der Waals surface area contributed by atoms with Crippen molar-refractivity contribution in [2.45, 2.75) is 0 Å². The van der Waals surface area contributed by atoms with E-state index in [-0.39, 0.29) is 18.5 Å². The lowest BCUT2D eigenvalue weighted by molar-refractivity contribution is -0.119. The molecule has 0 radical (unpaired) electrons. The Labute approximate surface area is 139 Å². The minimum atomic E-state index is -0.313. The molecule has 0 saturated carbocycles. The molecular formula is C13H10Cl2N4O2S. The number of fused-ring (bicyclic) bond motifs is 1. The fraction of sp³-hybridized carbons (Fsp3) is 0.154. The molecule has 114 valence electrons. The lowest BCUT2D eigenvalue weighted by Gasteiger charge is -2.02. The zero-order valence-corrected chi connectivity index (χ0v) is 13.7. The van der Waals surface area contributed by atoms with Gasteiger partial charge in [0.1, 0.15) is 6.61 Å². The molecule has 0 fully saturated rings. The monoisotopic (exact) mass is 356 g/mol. The lowest BCUT2D eigenvalue weighted by Crippen LogP contribution is -2.18. The van der Waals surface area contributed by atoms with E-state index in [1.165, 1.54) is 18.4 Å². The number of anilines is 1. The third kappa shape index (κ3) is 2.93. The van der Waals surface area contributed by atoms with Gasteiger partial charge in [0.2, 0.25) is 4.96 Å².